The number of nitrogens with zero attached hydrogens (tertiary/aromatic N) is 3. The Morgan fingerprint density at radius 3 is 2.70 bits per heavy atom. The van der Waals surface area contributed by atoms with Crippen molar-refractivity contribution < 1.29 is 4.79 Å². The standard InChI is InChI=1S/C17H14N4O2/c22-12-16-18-8-6-15(20-16)19-14-7-9-21(17(23)10-14)11-13-4-2-1-3-5-13/h1-10,12H,11H2,(H,18,19,20). The van der Waals surface area contributed by atoms with Crippen LogP contribution in [0.15, 0.2) is 65.7 Å². The number of anilines is 2. The van der Waals surface area contributed by atoms with E-state index in [1.807, 2.05) is 30.3 Å². The van der Waals surface area contributed by atoms with Crippen molar-refractivity contribution >= 4 is 17.8 Å². The maximum absolute atomic E-state index is 12.2. The van der Waals surface area contributed by atoms with Gasteiger partial charge in [0, 0.05) is 24.1 Å². The lowest BCUT2D eigenvalue weighted by molar-refractivity contribution is 0.111. The van der Waals surface area contributed by atoms with Crippen LogP contribution < -0.4 is 10.9 Å². The fraction of sp³-hybridized carbons (Fsp3) is 0.0588. The number of nitrogens with one attached hydrogen (secondary N) is 1. The van der Waals surface area contributed by atoms with Crippen molar-refractivity contribution in [3.63, 3.8) is 0 Å². The van der Waals surface area contributed by atoms with E-state index in [-0.39, 0.29) is 11.4 Å². The highest BCUT2D eigenvalue weighted by Gasteiger charge is 2.02. The van der Waals surface area contributed by atoms with Gasteiger partial charge in [-0.2, -0.15) is 0 Å². The summed E-state index contributed by atoms with van der Waals surface area (Å²) in [5.41, 5.74) is 1.54. The van der Waals surface area contributed by atoms with Gasteiger partial charge in [-0.05, 0) is 17.7 Å². The number of benzene rings is 1. The van der Waals surface area contributed by atoms with Gasteiger partial charge in [0.2, 0.25) is 0 Å². The minimum Gasteiger partial charge on any atom is -0.340 e. The summed E-state index contributed by atoms with van der Waals surface area (Å²) < 4.78 is 1.62. The van der Waals surface area contributed by atoms with Gasteiger partial charge < -0.3 is 9.88 Å². The summed E-state index contributed by atoms with van der Waals surface area (Å²) in [7, 11) is 0. The Bertz CT molecular complexity index is 875. The van der Waals surface area contributed by atoms with E-state index in [0.717, 1.165) is 5.56 Å². The first kappa shape index (κ1) is 14.6. The molecule has 0 aliphatic heterocycles. The largest absolute Gasteiger partial charge is 0.340 e. The van der Waals surface area contributed by atoms with Crippen molar-refractivity contribution in [2.24, 2.45) is 0 Å². The number of carbonyl (C=O) groups is 1. The molecule has 0 spiro atoms. The van der Waals surface area contributed by atoms with E-state index in [1.54, 1.807) is 22.9 Å². The highest BCUT2D eigenvalue weighted by Crippen LogP contribution is 2.11. The Labute approximate surface area is 132 Å². The first-order valence-corrected chi connectivity index (χ1v) is 7.04. The summed E-state index contributed by atoms with van der Waals surface area (Å²) in [6.45, 7) is 0.517. The molecule has 1 aromatic carbocycles. The summed E-state index contributed by atoms with van der Waals surface area (Å²) in [6, 6.07) is 14.7. The van der Waals surface area contributed by atoms with Crippen LogP contribution in [0, 0.1) is 0 Å². The normalized spacial score (nSPS) is 10.3. The van der Waals surface area contributed by atoms with Crippen molar-refractivity contribution in [1.82, 2.24) is 14.5 Å². The molecule has 0 bridgehead atoms. The second-order valence-electron chi connectivity index (χ2n) is 4.91. The molecular formula is C17H14N4O2. The molecule has 0 saturated carbocycles. The smallest absolute Gasteiger partial charge is 0.252 e. The summed E-state index contributed by atoms with van der Waals surface area (Å²) >= 11 is 0. The van der Waals surface area contributed by atoms with Gasteiger partial charge in [0.15, 0.2) is 12.1 Å². The average Bonchev–Trinajstić information content (AvgIpc) is 2.58. The molecule has 23 heavy (non-hydrogen) atoms. The van der Waals surface area contributed by atoms with E-state index in [1.165, 1.54) is 12.3 Å². The third kappa shape index (κ3) is 3.68. The van der Waals surface area contributed by atoms with Gasteiger partial charge in [-0.1, -0.05) is 30.3 Å². The Morgan fingerprint density at radius 1 is 1.13 bits per heavy atom. The minimum atomic E-state index is -0.122. The SMILES string of the molecule is O=Cc1nccc(Nc2ccn(Cc3ccccc3)c(=O)c2)n1. The van der Waals surface area contributed by atoms with Gasteiger partial charge >= 0.3 is 0 Å². The van der Waals surface area contributed by atoms with Crippen LogP contribution in [0.4, 0.5) is 11.5 Å². The summed E-state index contributed by atoms with van der Waals surface area (Å²) in [5.74, 6) is 0.551. The Morgan fingerprint density at radius 2 is 1.96 bits per heavy atom. The molecule has 0 radical (unpaired) electrons. The predicted octanol–water partition coefficient (Wildman–Crippen LogP) is 2.24. The van der Waals surface area contributed by atoms with Crippen LogP contribution in [0.3, 0.4) is 0 Å². The monoisotopic (exact) mass is 306 g/mol. The highest BCUT2D eigenvalue weighted by atomic mass is 16.1. The van der Waals surface area contributed by atoms with Crippen molar-refractivity contribution in [2.75, 3.05) is 5.32 Å². The average molecular weight is 306 g/mol. The number of hydrogen-bond acceptors (Lipinski definition) is 5. The molecule has 0 amide bonds. The van der Waals surface area contributed by atoms with Crippen molar-refractivity contribution in [3.8, 4) is 0 Å². The molecular weight excluding hydrogens is 292 g/mol. The first-order chi connectivity index (χ1) is 11.2. The summed E-state index contributed by atoms with van der Waals surface area (Å²) in [5, 5.41) is 2.99. The lowest BCUT2D eigenvalue weighted by Crippen LogP contribution is -2.19. The topological polar surface area (TPSA) is 76.9 Å². The highest BCUT2D eigenvalue weighted by molar-refractivity contribution is 5.70. The maximum atomic E-state index is 12.2. The van der Waals surface area contributed by atoms with Gasteiger partial charge in [0.25, 0.3) is 5.56 Å². The molecule has 3 aromatic rings. The van der Waals surface area contributed by atoms with Crippen LogP contribution in [0.1, 0.15) is 16.2 Å². The molecule has 0 aliphatic rings. The zero-order chi connectivity index (χ0) is 16.1. The Hall–Kier alpha value is -3.28. The fourth-order valence-electron chi connectivity index (χ4n) is 2.14. The third-order valence-corrected chi connectivity index (χ3v) is 3.24. The van der Waals surface area contributed by atoms with E-state index >= 15 is 0 Å². The fourth-order valence-corrected chi connectivity index (χ4v) is 2.14. The molecule has 3 rings (SSSR count). The van der Waals surface area contributed by atoms with Crippen LogP contribution in [0.25, 0.3) is 0 Å². The summed E-state index contributed by atoms with van der Waals surface area (Å²) in [6.07, 6.45) is 3.78. The second kappa shape index (κ2) is 6.65. The van der Waals surface area contributed by atoms with E-state index < -0.39 is 0 Å². The van der Waals surface area contributed by atoms with Crippen molar-refractivity contribution in [2.45, 2.75) is 6.54 Å². The maximum Gasteiger partial charge on any atom is 0.252 e. The third-order valence-electron chi connectivity index (χ3n) is 3.24. The second-order valence-corrected chi connectivity index (χ2v) is 4.91. The summed E-state index contributed by atoms with van der Waals surface area (Å²) in [4.78, 5) is 30.7. The lowest BCUT2D eigenvalue weighted by atomic mass is 10.2. The Balaban J connectivity index is 1.79. The molecule has 0 unspecified atom stereocenters. The molecule has 0 fully saturated rings. The molecule has 2 aromatic heterocycles. The molecule has 0 aliphatic carbocycles. The first-order valence-electron chi connectivity index (χ1n) is 7.04. The number of hydrogen-bond donors (Lipinski definition) is 1. The number of carbonyl (C=O) groups excluding carboxylic acids is 1. The van der Waals surface area contributed by atoms with Crippen LogP contribution in [-0.2, 0) is 6.54 Å². The van der Waals surface area contributed by atoms with Crippen molar-refractivity contribution in [1.29, 1.82) is 0 Å². The van der Waals surface area contributed by atoms with Gasteiger partial charge in [-0.3, -0.25) is 9.59 Å². The predicted molar refractivity (Wildman–Crippen MR) is 86.9 cm³/mol. The number of aromatic nitrogens is 3. The molecule has 6 heteroatoms. The van der Waals surface area contributed by atoms with Gasteiger partial charge in [-0.15, -0.1) is 0 Å². The molecule has 0 saturated heterocycles. The van der Waals surface area contributed by atoms with Gasteiger partial charge in [-0.25, -0.2) is 9.97 Å². The van der Waals surface area contributed by atoms with Gasteiger partial charge in [0.1, 0.15) is 5.82 Å². The number of pyridine rings is 1. The van der Waals surface area contributed by atoms with Crippen molar-refractivity contribution in [3.05, 3.63) is 82.7 Å². The quantitative estimate of drug-likeness (QED) is 0.732. The van der Waals surface area contributed by atoms with Gasteiger partial charge in [0.05, 0.1) is 6.54 Å². The van der Waals surface area contributed by atoms with Crippen LogP contribution in [0.2, 0.25) is 0 Å². The van der Waals surface area contributed by atoms with E-state index in [0.29, 0.717) is 24.3 Å². The number of rotatable bonds is 5. The molecule has 0 atom stereocenters. The van der Waals surface area contributed by atoms with Crippen LogP contribution in [-0.4, -0.2) is 20.8 Å². The lowest BCUT2D eigenvalue weighted by Gasteiger charge is -2.09. The molecule has 6 nitrogen and oxygen atoms in total. The molecule has 1 N–H and O–H groups in total. The van der Waals surface area contributed by atoms with E-state index in [4.69, 9.17) is 0 Å². The van der Waals surface area contributed by atoms with E-state index in [2.05, 4.69) is 15.3 Å². The van der Waals surface area contributed by atoms with Crippen LogP contribution >= 0.6 is 0 Å². The van der Waals surface area contributed by atoms with E-state index in [9.17, 15) is 9.59 Å². The zero-order valence-electron chi connectivity index (χ0n) is 12.2. The minimum absolute atomic E-state index is 0.0902. The number of aldehydes is 1. The molecule has 114 valence electrons. The zero-order valence-corrected chi connectivity index (χ0v) is 12.2. The Kier molecular flexibility index (Phi) is 4.24. The van der Waals surface area contributed by atoms with Crippen LogP contribution in [0.5, 0.6) is 0 Å². The molecule has 2 heterocycles.